The van der Waals surface area contributed by atoms with Gasteiger partial charge in [-0.25, -0.2) is 12.8 Å². The molecule has 0 aliphatic carbocycles. The molecule has 0 bridgehead atoms. The Hall–Kier alpha value is -3.43. The topological polar surface area (TPSA) is 86.8 Å². The monoisotopic (exact) mass is 559 g/mol. The molecule has 0 saturated heterocycles. The number of carbonyl (C=O) groups is 2. The molecule has 1 N–H and O–H groups in total. The third-order valence-electron chi connectivity index (χ3n) is 5.99. The molecule has 0 aliphatic heterocycles. The van der Waals surface area contributed by atoms with Crippen LogP contribution in [0.3, 0.4) is 0 Å². The minimum atomic E-state index is -4.25. The summed E-state index contributed by atoms with van der Waals surface area (Å²) in [6.07, 6.45) is 0.723. The van der Waals surface area contributed by atoms with E-state index in [0.29, 0.717) is 11.6 Å². The summed E-state index contributed by atoms with van der Waals surface area (Å²) in [5, 5.41) is 3.32. The van der Waals surface area contributed by atoms with Gasteiger partial charge in [-0.05, 0) is 74.4 Å². The van der Waals surface area contributed by atoms with Crippen molar-refractivity contribution in [3.63, 3.8) is 0 Å². The first-order valence-electron chi connectivity index (χ1n) is 12.2. The van der Waals surface area contributed by atoms with Crippen molar-refractivity contribution in [2.24, 2.45) is 0 Å². The van der Waals surface area contributed by atoms with Gasteiger partial charge in [0.1, 0.15) is 18.4 Å². The number of sulfonamides is 1. The molecule has 3 rings (SSSR count). The van der Waals surface area contributed by atoms with E-state index in [4.69, 9.17) is 11.6 Å². The Balaban J connectivity index is 2.00. The summed E-state index contributed by atoms with van der Waals surface area (Å²) in [5.41, 5.74) is 1.90. The highest BCUT2D eigenvalue weighted by Gasteiger charge is 2.32. The summed E-state index contributed by atoms with van der Waals surface area (Å²) < 4.78 is 41.8. The van der Waals surface area contributed by atoms with Gasteiger partial charge in [0, 0.05) is 18.1 Å². The molecule has 3 aromatic rings. The Labute approximate surface area is 228 Å². The molecule has 0 aliphatic rings. The SMILES string of the molecule is CCCNC(=O)[C@@H](C)N(Cc1ccc(Cl)cc1)C(=O)CN(c1ccc(C)cc1)S(=O)(=O)c1ccc(F)cc1. The van der Waals surface area contributed by atoms with Crippen LogP contribution in [-0.2, 0) is 26.2 Å². The van der Waals surface area contributed by atoms with Crippen molar-refractivity contribution in [1.29, 1.82) is 0 Å². The van der Waals surface area contributed by atoms with Gasteiger partial charge in [0.2, 0.25) is 11.8 Å². The summed E-state index contributed by atoms with van der Waals surface area (Å²) in [4.78, 5) is 27.8. The van der Waals surface area contributed by atoms with Crippen molar-refractivity contribution in [1.82, 2.24) is 10.2 Å². The molecule has 0 saturated carbocycles. The molecular formula is C28H31ClFN3O4S. The molecule has 202 valence electrons. The van der Waals surface area contributed by atoms with Gasteiger partial charge in [0.05, 0.1) is 10.6 Å². The van der Waals surface area contributed by atoms with Gasteiger partial charge in [-0.3, -0.25) is 13.9 Å². The maximum atomic E-state index is 13.8. The molecule has 38 heavy (non-hydrogen) atoms. The number of halogens is 2. The van der Waals surface area contributed by atoms with Gasteiger partial charge in [-0.15, -0.1) is 0 Å². The second-order valence-electron chi connectivity index (χ2n) is 8.92. The third kappa shape index (κ3) is 7.33. The van der Waals surface area contributed by atoms with Crippen LogP contribution >= 0.6 is 11.6 Å². The van der Waals surface area contributed by atoms with Crippen molar-refractivity contribution in [2.75, 3.05) is 17.4 Å². The van der Waals surface area contributed by atoms with Crippen molar-refractivity contribution >= 4 is 39.1 Å². The fourth-order valence-electron chi connectivity index (χ4n) is 3.74. The van der Waals surface area contributed by atoms with E-state index in [-0.39, 0.29) is 23.0 Å². The highest BCUT2D eigenvalue weighted by molar-refractivity contribution is 7.92. The summed E-state index contributed by atoms with van der Waals surface area (Å²) >= 11 is 6.01. The van der Waals surface area contributed by atoms with Gasteiger partial charge >= 0.3 is 0 Å². The number of aryl methyl sites for hydroxylation is 1. The smallest absolute Gasteiger partial charge is 0.264 e. The minimum Gasteiger partial charge on any atom is -0.354 e. The predicted molar refractivity (Wildman–Crippen MR) is 147 cm³/mol. The molecule has 3 aromatic carbocycles. The summed E-state index contributed by atoms with van der Waals surface area (Å²) in [6, 6.07) is 17.1. The maximum Gasteiger partial charge on any atom is 0.264 e. The lowest BCUT2D eigenvalue weighted by atomic mass is 10.1. The van der Waals surface area contributed by atoms with Crippen LogP contribution in [0.4, 0.5) is 10.1 Å². The van der Waals surface area contributed by atoms with Crippen LogP contribution in [0.25, 0.3) is 0 Å². The largest absolute Gasteiger partial charge is 0.354 e. The first-order valence-corrected chi connectivity index (χ1v) is 14.0. The molecule has 0 heterocycles. The Kier molecular flexibility index (Phi) is 9.88. The molecular weight excluding hydrogens is 529 g/mol. The zero-order valence-corrected chi connectivity index (χ0v) is 23.1. The highest BCUT2D eigenvalue weighted by Crippen LogP contribution is 2.25. The number of amides is 2. The number of hydrogen-bond acceptors (Lipinski definition) is 4. The fourth-order valence-corrected chi connectivity index (χ4v) is 5.28. The first kappa shape index (κ1) is 29.1. The lowest BCUT2D eigenvalue weighted by Crippen LogP contribution is -2.51. The average Bonchev–Trinajstić information content (AvgIpc) is 2.90. The van der Waals surface area contributed by atoms with Crippen LogP contribution in [0.1, 0.15) is 31.4 Å². The Morgan fingerprint density at radius 3 is 2.16 bits per heavy atom. The van der Waals surface area contributed by atoms with Crippen LogP contribution in [0.5, 0.6) is 0 Å². The molecule has 1 atom stereocenters. The molecule has 0 spiro atoms. The van der Waals surface area contributed by atoms with Crippen LogP contribution in [0.15, 0.2) is 77.7 Å². The molecule has 0 fully saturated rings. The number of rotatable bonds is 11. The van der Waals surface area contributed by atoms with E-state index in [1.807, 2.05) is 13.8 Å². The third-order valence-corrected chi connectivity index (χ3v) is 8.03. The van der Waals surface area contributed by atoms with Gasteiger partial charge in [0.15, 0.2) is 0 Å². The number of anilines is 1. The van der Waals surface area contributed by atoms with Crippen LogP contribution < -0.4 is 9.62 Å². The van der Waals surface area contributed by atoms with Gasteiger partial charge in [0.25, 0.3) is 10.0 Å². The quantitative estimate of drug-likeness (QED) is 0.361. The van der Waals surface area contributed by atoms with Crippen LogP contribution in [-0.4, -0.2) is 44.3 Å². The zero-order chi connectivity index (χ0) is 27.9. The molecule has 10 heteroatoms. The van der Waals surface area contributed by atoms with Crippen molar-refractivity contribution in [2.45, 2.75) is 44.7 Å². The van der Waals surface area contributed by atoms with E-state index < -0.39 is 34.3 Å². The Bertz CT molecular complexity index is 1350. The van der Waals surface area contributed by atoms with E-state index in [1.165, 1.54) is 4.90 Å². The average molecular weight is 560 g/mol. The lowest BCUT2D eigenvalue weighted by Gasteiger charge is -2.32. The maximum absolute atomic E-state index is 13.8. The predicted octanol–water partition coefficient (Wildman–Crippen LogP) is 4.93. The lowest BCUT2D eigenvalue weighted by molar-refractivity contribution is -0.139. The van der Waals surface area contributed by atoms with Crippen LogP contribution in [0.2, 0.25) is 5.02 Å². The fraction of sp³-hybridized carbons (Fsp3) is 0.286. The van der Waals surface area contributed by atoms with E-state index >= 15 is 0 Å². The number of nitrogens with zero attached hydrogens (tertiary/aromatic N) is 2. The van der Waals surface area contributed by atoms with E-state index in [1.54, 1.807) is 55.5 Å². The number of nitrogens with one attached hydrogen (secondary N) is 1. The molecule has 7 nitrogen and oxygen atoms in total. The van der Waals surface area contributed by atoms with Crippen LogP contribution in [0, 0.1) is 12.7 Å². The molecule has 0 aromatic heterocycles. The standard InChI is InChI=1S/C28H31ClFN3O4S/c1-4-17-31-28(35)21(3)32(18-22-7-9-23(29)10-8-22)27(34)19-33(25-13-5-20(2)6-14-25)38(36,37)26-15-11-24(30)12-16-26/h5-16,21H,4,17-19H2,1-3H3,(H,31,35)/t21-/m1/s1. The van der Waals surface area contributed by atoms with Crippen molar-refractivity contribution in [3.05, 3.63) is 94.8 Å². The van der Waals surface area contributed by atoms with Crippen molar-refractivity contribution < 1.29 is 22.4 Å². The zero-order valence-electron chi connectivity index (χ0n) is 21.5. The first-order chi connectivity index (χ1) is 18.0. The van der Waals surface area contributed by atoms with Gasteiger partial charge in [-0.2, -0.15) is 0 Å². The summed E-state index contributed by atoms with van der Waals surface area (Å²) in [6.45, 7) is 5.32. The number of benzene rings is 3. The summed E-state index contributed by atoms with van der Waals surface area (Å²) in [7, 11) is -4.25. The minimum absolute atomic E-state index is 0.0645. The van der Waals surface area contributed by atoms with Gasteiger partial charge in [-0.1, -0.05) is 48.4 Å². The second kappa shape index (κ2) is 12.9. The molecule has 0 radical (unpaired) electrons. The molecule has 0 unspecified atom stereocenters. The highest BCUT2D eigenvalue weighted by atomic mass is 35.5. The second-order valence-corrected chi connectivity index (χ2v) is 11.2. The van der Waals surface area contributed by atoms with E-state index in [2.05, 4.69) is 5.32 Å². The normalized spacial score (nSPS) is 12.0. The van der Waals surface area contributed by atoms with Crippen molar-refractivity contribution in [3.8, 4) is 0 Å². The van der Waals surface area contributed by atoms with E-state index in [0.717, 1.165) is 46.1 Å². The molecule has 2 amide bonds. The summed E-state index contributed by atoms with van der Waals surface area (Å²) in [5.74, 6) is -1.51. The Morgan fingerprint density at radius 2 is 1.58 bits per heavy atom. The van der Waals surface area contributed by atoms with Gasteiger partial charge < -0.3 is 10.2 Å². The van der Waals surface area contributed by atoms with E-state index in [9.17, 15) is 22.4 Å². The number of carbonyl (C=O) groups excluding carboxylic acids is 2. The number of hydrogen-bond donors (Lipinski definition) is 1. The Morgan fingerprint density at radius 1 is 0.974 bits per heavy atom.